The van der Waals surface area contributed by atoms with E-state index in [9.17, 15) is 9.59 Å². The number of aromatic nitrogens is 1. The standard InChI is InChI=1S/C8H8N2O2.C2H6.H2/c1-6(12)10-8-2-7(5-11)3-9-4-8;1-2;/h2-5H,1H3,(H,10,12);1-2H3;1H. The van der Waals surface area contributed by atoms with E-state index in [1.54, 1.807) is 6.07 Å². The van der Waals surface area contributed by atoms with Crippen molar-refractivity contribution in [3.8, 4) is 0 Å². The van der Waals surface area contributed by atoms with E-state index >= 15 is 0 Å². The van der Waals surface area contributed by atoms with Crippen molar-refractivity contribution in [3.63, 3.8) is 0 Å². The quantitative estimate of drug-likeness (QED) is 0.737. The second kappa shape index (κ2) is 6.77. The van der Waals surface area contributed by atoms with Crippen LogP contribution in [0.2, 0.25) is 0 Å². The second-order valence-electron chi connectivity index (χ2n) is 2.31. The number of nitrogens with zero attached hydrogens (tertiary/aromatic N) is 1. The van der Waals surface area contributed by atoms with Gasteiger partial charge in [0, 0.05) is 20.1 Å². The maximum absolute atomic E-state index is 10.6. The highest BCUT2D eigenvalue weighted by atomic mass is 16.1. The predicted octanol–water partition coefficient (Wildman–Crippen LogP) is 2.12. The Hall–Kier alpha value is -1.71. The lowest BCUT2D eigenvalue weighted by molar-refractivity contribution is -0.114. The molecule has 0 aliphatic carbocycles. The van der Waals surface area contributed by atoms with Gasteiger partial charge in [0.15, 0.2) is 6.29 Å². The molecule has 0 saturated carbocycles. The molecule has 0 aliphatic heterocycles. The minimum atomic E-state index is -0.181. The number of amides is 1. The van der Waals surface area contributed by atoms with Crippen molar-refractivity contribution in [2.45, 2.75) is 20.8 Å². The molecule has 1 aromatic rings. The minimum Gasteiger partial charge on any atom is -0.325 e. The van der Waals surface area contributed by atoms with Crippen molar-refractivity contribution in [2.75, 3.05) is 5.32 Å². The fourth-order valence-corrected chi connectivity index (χ4v) is 0.794. The zero-order valence-corrected chi connectivity index (χ0v) is 8.57. The summed E-state index contributed by atoms with van der Waals surface area (Å²) < 4.78 is 0. The van der Waals surface area contributed by atoms with Crippen molar-refractivity contribution in [3.05, 3.63) is 24.0 Å². The Kier molecular flexibility index (Phi) is 5.94. The number of pyridine rings is 1. The first-order valence-electron chi connectivity index (χ1n) is 4.40. The molecule has 0 aliphatic rings. The van der Waals surface area contributed by atoms with Crippen LogP contribution in [0.5, 0.6) is 0 Å². The van der Waals surface area contributed by atoms with Gasteiger partial charge in [-0.3, -0.25) is 14.6 Å². The Morgan fingerprint density at radius 3 is 2.64 bits per heavy atom. The molecule has 1 amide bonds. The highest BCUT2D eigenvalue weighted by Gasteiger charge is 1.96. The van der Waals surface area contributed by atoms with E-state index in [1.807, 2.05) is 13.8 Å². The normalized spacial score (nSPS) is 8.21. The Morgan fingerprint density at radius 1 is 1.50 bits per heavy atom. The van der Waals surface area contributed by atoms with Crippen molar-refractivity contribution in [2.24, 2.45) is 0 Å². The van der Waals surface area contributed by atoms with Crippen molar-refractivity contribution in [1.29, 1.82) is 0 Å². The van der Waals surface area contributed by atoms with Gasteiger partial charge in [-0.05, 0) is 6.07 Å². The number of rotatable bonds is 2. The van der Waals surface area contributed by atoms with Gasteiger partial charge in [0.2, 0.25) is 5.91 Å². The Bertz CT molecular complexity index is 316. The van der Waals surface area contributed by atoms with Crippen LogP contribution in [0.15, 0.2) is 18.5 Å². The number of nitrogens with one attached hydrogen (secondary N) is 1. The highest BCUT2D eigenvalue weighted by Crippen LogP contribution is 2.05. The molecule has 4 heteroatoms. The number of anilines is 1. The van der Waals surface area contributed by atoms with Crippen LogP contribution in [0, 0.1) is 0 Å². The van der Waals surface area contributed by atoms with E-state index < -0.39 is 0 Å². The first kappa shape index (κ1) is 12.3. The Balaban J connectivity index is 0. The lowest BCUT2D eigenvalue weighted by Crippen LogP contribution is -2.06. The Morgan fingerprint density at radius 2 is 2.14 bits per heavy atom. The number of hydrogen-bond donors (Lipinski definition) is 1. The number of aldehydes is 1. The average Bonchev–Trinajstić information content (AvgIpc) is 2.20. The molecule has 14 heavy (non-hydrogen) atoms. The largest absolute Gasteiger partial charge is 0.325 e. The van der Waals surface area contributed by atoms with Gasteiger partial charge in [0.05, 0.1) is 11.9 Å². The van der Waals surface area contributed by atoms with Gasteiger partial charge >= 0.3 is 0 Å². The van der Waals surface area contributed by atoms with Crippen LogP contribution in [0.1, 0.15) is 32.6 Å². The van der Waals surface area contributed by atoms with E-state index in [0.29, 0.717) is 17.5 Å². The molecule has 0 radical (unpaired) electrons. The number of hydrogen-bond acceptors (Lipinski definition) is 3. The van der Waals surface area contributed by atoms with E-state index in [1.165, 1.54) is 19.3 Å². The van der Waals surface area contributed by atoms with Crippen LogP contribution in [-0.4, -0.2) is 17.2 Å². The number of carbonyl (C=O) groups is 2. The van der Waals surface area contributed by atoms with Gasteiger partial charge in [-0.2, -0.15) is 0 Å². The molecule has 0 fully saturated rings. The summed E-state index contributed by atoms with van der Waals surface area (Å²) in [5, 5.41) is 2.52. The van der Waals surface area contributed by atoms with E-state index in [-0.39, 0.29) is 7.33 Å². The molecule has 0 spiro atoms. The lowest BCUT2D eigenvalue weighted by atomic mass is 10.3. The van der Waals surface area contributed by atoms with Crippen LogP contribution >= 0.6 is 0 Å². The summed E-state index contributed by atoms with van der Waals surface area (Å²) in [6, 6.07) is 1.56. The van der Waals surface area contributed by atoms with Crippen LogP contribution in [0.3, 0.4) is 0 Å². The minimum absolute atomic E-state index is 0. The monoisotopic (exact) mass is 196 g/mol. The fraction of sp³-hybridized carbons (Fsp3) is 0.300. The van der Waals surface area contributed by atoms with Crippen LogP contribution in [-0.2, 0) is 4.79 Å². The van der Waals surface area contributed by atoms with Gasteiger partial charge in [-0.25, -0.2) is 0 Å². The molecular weight excluding hydrogens is 180 g/mol. The van der Waals surface area contributed by atoms with Gasteiger partial charge in [-0.15, -0.1) is 0 Å². The zero-order valence-electron chi connectivity index (χ0n) is 8.57. The Labute approximate surface area is 84.8 Å². The first-order valence-corrected chi connectivity index (χ1v) is 4.40. The van der Waals surface area contributed by atoms with Crippen LogP contribution in [0.25, 0.3) is 0 Å². The smallest absolute Gasteiger partial charge is 0.221 e. The molecule has 4 nitrogen and oxygen atoms in total. The highest BCUT2D eigenvalue weighted by molar-refractivity contribution is 5.89. The van der Waals surface area contributed by atoms with Gasteiger partial charge in [-0.1, -0.05) is 13.8 Å². The molecule has 1 aromatic heterocycles. The maximum Gasteiger partial charge on any atom is 0.221 e. The van der Waals surface area contributed by atoms with E-state index in [4.69, 9.17) is 0 Å². The summed E-state index contributed by atoms with van der Waals surface area (Å²) in [7, 11) is 0. The molecule has 1 N–H and O–H groups in total. The molecule has 78 valence electrons. The molecule has 0 unspecified atom stereocenters. The third-order valence-corrected chi connectivity index (χ3v) is 1.22. The predicted molar refractivity (Wildman–Crippen MR) is 57.4 cm³/mol. The summed E-state index contributed by atoms with van der Waals surface area (Å²) in [5.74, 6) is -0.181. The summed E-state index contributed by atoms with van der Waals surface area (Å²) in [6.07, 6.45) is 3.59. The molecule has 0 saturated heterocycles. The van der Waals surface area contributed by atoms with Crippen molar-refractivity contribution < 1.29 is 11.0 Å². The molecule has 0 aromatic carbocycles. The van der Waals surface area contributed by atoms with Crippen LogP contribution < -0.4 is 5.32 Å². The summed E-state index contributed by atoms with van der Waals surface area (Å²) in [5.41, 5.74) is 0.980. The van der Waals surface area contributed by atoms with Crippen molar-refractivity contribution in [1.82, 2.24) is 4.98 Å². The first-order chi connectivity index (χ1) is 6.72. The van der Waals surface area contributed by atoms with Gasteiger partial charge in [0.25, 0.3) is 0 Å². The third kappa shape index (κ3) is 4.35. The fourth-order valence-electron chi connectivity index (χ4n) is 0.794. The maximum atomic E-state index is 10.6. The summed E-state index contributed by atoms with van der Waals surface area (Å²) >= 11 is 0. The van der Waals surface area contributed by atoms with Gasteiger partial charge < -0.3 is 5.32 Å². The van der Waals surface area contributed by atoms with Crippen molar-refractivity contribution >= 4 is 17.9 Å². The third-order valence-electron chi connectivity index (χ3n) is 1.22. The molecular formula is C10H16N2O2. The average molecular weight is 196 g/mol. The van der Waals surface area contributed by atoms with E-state index in [0.717, 1.165) is 0 Å². The number of carbonyl (C=O) groups excluding carboxylic acids is 2. The van der Waals surface area contributed by atoms with E-state index in [2.05, 4.69) is 10.3 Å². The van der Waals surface area contributed by atoms with Crippen LogP contribution in [0.4, 0.5) is 5.69 Å². The molecule has 0 atom stereocenters. The second-order valence-corrected chi connectivity index (χ2v) is 2.31. The SMILES string of the molecule is CC.CC(=O)Nc1cncc(C=O)c1.[HH]. The van der Waals surface area contributed by atoms with Gasteiger partial charge in [0.1, 0.15) is 0 Å². The zero-order chi connectivity index (χ0) is 11.0. The summed E-state index contributed by atoms with van der Waals surface area (Å²) in [4.78, 5) is 24.6. The molecule has 0 bridgehead atoms. The molecule has 1 heterocycles. The molecule has 1 rings (SSSR count). The summed E-state index contributed by atoms with van der Waals surface area (Å²) in [6.45, 7) is 5.40. The topological polar surface area (TPSA) is 59.1 Å². The lowest BCUT2D eigenvalue weighted by Gasteiger charge is -1.99.